The highest BCUT2D eigenvalue weighted by Gasteiger charge is 2.44. The molecule has 1 aliphatic heterocycles. The quantitative estimate of drug-likeness (QED) is 0.691. The van der Waals surface area contributed by atoms with Crippen LogP contribution in [0, 0.1) is 0 Å². The van der Waals surface area contributed by atoms with E-state index in [9.17, 15) is 8.42 Å². The molecule has 1 rings (SSSR count). The molecule has 0 bridgehead atoms. The Labute approximate surface area is 86.3 Å². The lowest BCUT2D eigenvalue weighted by atomic mass is 10.0. The van der Waals surface area contributed by atoms with Crippen LogP contribution in [0.5, 0.6) is 0 Å². The van der Waals surface area contributed by atoms with E-state index >= 15 is 0 Å². The van der Waals surface area contributed by atoms with Crippen LogP contribution < -0.4 is 0 Å². The van der Waals surface area contributed by atoms with Crippen molar-refractivity contribution < 1.29 is 13.2 Å². The second kappa shape index (κ2) is 4.16. The van der Waals surface area contributed by atoms with E-state index in [2.05, 4.69) is 0 Å². The molecule has 1 aliphatic rings. The van der Waals surface area contributed by atoms with Gasteiger partial charge in [-0.15, -0.1) is 0 Å². The molecule has 0 saturated carbocycles. The molecule has 0 spiro atoms. The lowest BCUT2D eigenvalue weighted by Crippen LogP contribution is -2.62. The second-order valence-electron chi connectivity index (χ2n) is 4.09. The molecule has 1 fully saturated rings. The molecule has 4 nitrogen and oxygen atoms in total. The van der Waals surface area contributed by atoms with Crippen molar-refractivity contribution in [2.75, 3.05) is 26.0 Å². The molecule has 0 aliphatic carbocycles. The summed E-state index contributed by atoms with van der Waals surface area (Å²) < 4.78 is 30.0. The van der Waals surface area contributed by atoms with Gasteiger partial charge in [-0.2, -0.15) is 4.31 Å². The lowest BCUT2D eigenvalue weighted by molar-refractivity contribution is -0.0768. The van der Waals surface area contributed by atoms with Crippen LogP contribution in [-0.2, 0) is 14.8 Å². The Morgan fingerprint density at radius 3 is 2.43 bits per heavy atom. The van der Waals surface area contributed by atoms with Crippen molar-refractivity contribution in [2.45, 2.75) is 32.3 Å². The second-order valence-corrected chi connectivity index (χ2v) is 6.18. The summed E-state index contributed by atoms with van der Waals surface area (Å²) in [5, 5.41) is 0. The molecule has 0 radical (unpaired) electrons. The molecule has 0 aromatic carbocycles. The van der Waals surface area contributed by atoms with Crippen LogP contribution >= 0.6 is 0 Å². The largest absolute Gasteiger partial charge is 0.376 e. The van der Waals surface area contributed by atoms with Gasteiger partial charge < -0.3 is 4.74 Å². The lowest BCUT2D eigenvalue weighted by Gasteiger charge is -2.45. The fourth-order valence-electron chi connectivity index (χ4n) is 1.48. The SMILES string of the molecule is CCCCS(=O)(=O)N1CC(C)(OC)C1. The maximum Gasteiger partial charge on any atom is 0.214 e. The molecular formula is C9H19NO3S. The van der Waals surface area contributed by atoms with Crippen molar-refractivity contribution in [3.8, 4) is 0 Å². The monoisotopic (exact) mass is 221 g/mol. The van der Waals surface area contributed by atoms with Crippen molar-refractivity contribution in [2.24, 2.45) is 0 Å². The number of ether oxygens (including phenoxy) is 1. The van der Waals surface area contributed by atoms with Gasteiger partial charge in [-0.25, -0.2) is 8.42 Å². The molecular weight excluding hydrogens is 202 g/mol. The Morgan fingerprint density at radius 2 is 2.00 bits per heavy atom. The summed E-state index contributed by atoms with van der Waals surface area (Å²) in [7, 11) is -1.39. The highest BCUT2D eigenvalue weighted by molar-refractivity contribution is 7.89. The van der Waals surface area contributed by atoms with E-state index in [4.69, 9.17) is 4.74 Å². The maximum atomic E-state index is 11.6. The molecule has 0 aromatic rings. The van der Waals surface area contributed by atoms with Gasteiger partial charge in [-0.05, 0) is 13.3 Å². The van der Waals surface area contributed by atoms with Gasteiger partial charge in [0.2, 0.25) is 10.0 Å². The summed E-state index contributed by atoms with van der Waals surface area (Å²) in [6.07, 6.45) is 1.65. The van der Waals surface area contributed by atoms with Gasteiger partial charge in [0.25, 0.3) is 0 Å². The topological polar surface area (TPSA) is 46.6 Å². The normalized spacial score (nSPS) is 21.9. The fourth-order valence-corrected chi connectivity index (χ4v) is 3.33. The Balaban J connectivity index is 2.46. The number of unbranched alkanes of at least 4 members (excludes halogenated alkanes) is 1. The van der Waals surface area contributed by atoms with E-state index in [1.165, 1.54) is 4.31 Å². The Bertz CT molecular complexity index is 280. The third-order valence-corrected chi connectivity index (χ3v) is 4.51. The first-order valence-corrected chi connectivity index (χ1v) is 6.57. The smallest absolute Gasteiger partial charge is 0.214 e. The van der Waals surface area contributed by atoms with E-state index in [1.807, 2.05) is 13.8 Å². The fraction of sp³-hybridized carbons (Fsp3) is 1.00. The summed E-state index contributed by atoms with van der Waals surface area (Å²) in [5.41, 5.74) is -0.265. The summed E-state index contributed by atoms with van der Waals surface area (Å²) in [4.78, 5) is 0. The zero-order valence-electron chi connectivity index (χ0n) is 9.12. The van der Waals surface area contributed by atoms with E-state index in [1.54, 1.807) is 7.11 Å². The summed E-state index contributed by atoms with van der Waals surface area (Å²) >= 11 is 0. The van der Waals surface area contributed by atoms with Gasteiger partial charge >= 0.3 is 0 Å². The molecule has 0 unspecified atom stereocenters. The molecule has 14 heavy (non-hydrogen) atoms. The number of hydrogen-bond acceptors (Lipinski definition) is 3. The van der Waals surface area contributed by atoms with Crippen molar-refractivity contribution in [3.05, 3.63) is 0 Å². The molecule has 0 atom stereocenters. The number of hydrogen-bond donors (Lipinski definition) is 0. The van der Waals surface area contributed by atoms with E-state index in [-0.39, 0.29) is 11.4 Å². The molecule has 0 N–H and O–H groups in total. The highest BCUT2D eigenvalue weighted by atomic mass is 32.2. The number of nitrogens with zero attached hydrogens (tertiary/aromatic N) is 1. The average molecular weight is 221 g/mol. The number of methoxy groups -OCH3 is 1. The van der Waals surface area contributed by atoms with E-state index in [0.29, 0.717) is 13.1 Å². The molecule has 1 saturated heterocycles. The van der Waals surface area contributed by atoms with Crippen LogP contribution in [0.3, 0.4) is 0 Å². The molecule has 0 aromatic heterocycles. The first kappa shape index (κ1) is 11.9. The zero-order chi connectivity index (χ0) is 10.8. The molecule has 84 valence electrons. The van der Waals surface area contributed by atoms with Gasteiger partial charge in [0.05, 0.1) is 11.4 Å². The molecule has 5 heteroatoms. The van der Waals surface area contributed by atoms with Gasteiger partial charge in [0.15, 0.2) is 0 Å². The molecule has 1 heterocycles. The number of sulfonamides is 1. The minimum atomic E-state index is -3.01. The Hall–Kier alpha value is -0.130. The third kappa shape index (κ3) is 2.46. The van der Waals surface area contributed by atoms with Crippen LogP contribution in [0.1, 0.15) is 26.7 Å². The molecule has 0 amide bonds. The van der Waals surface area contributed by atoms with Gasteiger partial charge in [0.1, 0.15) is 0 Å². The van der Waals surface area contributed by atoms with Crippen molar-refractivity contribution >= 4 is 10.0 Å². The first-order chi connectivity index (χ1) is 6.43. The van der Waals surface area contributed by atoms with Crippen LogP contribution in [0.2, 0.25) is 0 Å². The van der Waals surface area contributed by atoms with Crippen LogP contribution in [0.15, 0.2) is 0 Å². The van der Waals surface area contributed by atoms with Crippen molar-refractivity contribution in [1.29, 1.82) is 0 Å². The predicted octanol–water partition coefficient (Wildman–Crippen LogP) is 0.837. The predicted molar refractivity (Wildman–Crippen MR) is 55.7 cm³/mol. The maximum absolute atomic E-state index is 11.6. The summed E-state index contributed by atoms with van der Waals surface area (Å²) in [6, 6.07) is 0. The highest BCUT2D eigenvalue weighted by Crippen LogP contribution is 2.26. The Morgan fingerprint density at radius 1 is 1.43 bits per heavy atom. The van der Waals surface area contributed by atoms with Crippen LogP contribution in [-0.4, -0.2) is 44.3 Å². The standard InChI is InChI=1S/C9H19NO3S/c1-4-5-6-14(11,12)10-7-9(2,8-10)13-3/h4-8H2,1-3H3. The van der Waals surface area contributed by atoms with Crippen LogP contribution in [0.25, 0.3) is 0 Å². The average Bonchev–Trinajstić information content (AvgIpc) is 2.09. The third-order valence-electron chi connectivity index (χ3n) is 2.66. The van der Waals surface area contributed by atoms with E-state index < -0.39 is 10.0 Å². The summed E-state index contributed by atoms with van der Waals surface area (Å²) in [5.74, 6) is 0.267. The van der Waals surface area contributed by atoms with Gasteiger partial charge in [-0.1, -0.05) is 13.3 Å². The van der Waals surface area contributed by atoms with Crippen LogP contribution in [0.4, 0.5) is 0 Å². The first-order valence-electron chi connectivity index (χ1n) is 4.96. The zero-order valence-corrected chi connectivity index (χ0v) is 9.93. The Kier molecular flexibility index (Phi) is 3.55. The van der Waals surface area contributed by atoms with E-state index in [0.717, 1.165) is 12.8 Å². The minimum absolute atomic E-state index is 0.265. The van der Waals surface area contributed by atoms with Gasteiger partial charge in [-0.3, -0.25) is 0 Å². The minimum Gasteiger partial charge on any atom is -0.376 e. The van der Waals surface area contributed by atoms with Gasteiger partial charge in [0, 0.05) is 20.2 Å². The number of rotatable bonds is 5. The summed E-state index contributed by atoms with van der Waals surface area (Å²) in [6.45, 7) is 4.91. The van der Waals surface area contributed by atoms with Crippen molar-refractivity contribution in [1.82, 2.24) is 4.31 Å². The van der Waals surface area contributed by atoms with Crippen molar-refractivity contribution in [3.63, 3.8) is 0 Å².